The minimum absolute atomic E-state index is 0.00129. The summed E-state index contributed by atoms with van der Waals surface area (Å²) in [5, 5.41) is 5.57. The summed E-state index contributed by atoms with van der Waals surface area (Å²) in [5.41, 5.74) is 1.22. The van der Waals surface area contributed by atoms with E-state index in [2.05, 4.69) is 15.4 Å². The van der Waals surface area contributed by atoms with E-state index in [4.69, 9.17) is 4.74 Å². The highest BCUT2D eigenvalue weighted by molar-refractivity contribution is 6.04. The van der Waals surface area contributed by atoms with Gasteiger partial charge in [0.05, 0.1) is 11.3 Å². The smallest absolute Gasteiger partial charge is 0.387 e. The highest BCUT2D eigenvalue weighted by Gasteiger charge is 2.20. The van der Waals surface area contributed by atoms with Gasteiger partial charge in [-0.2, -0.15) is 8.78 Å². The SMILES string of the molecule is O=C(COC(=O)/C=C/c1ccc(OC(F)F)cc1)Nc1ccccc1C(=O)NC1CCCC1. The molecule has 0 heterocycles. The molecule has 0 spiro atoms. The molecular weight excluding hydrogens is 434 g/mol. The lowest BCUT2D eigenvalue weighted by molar-refractivity contribution is -0.142. The second-order valence-electron chi connectivity index (χ2n) is 7.44. The zero-order chi connectivity index (χ0) is 23.6. The van der Waals surface area contributed by atoms with Crippen LogP contribution in [0.5, 0.6) is 5.75 Å². The molecule has 9 heteroatoms. The molecule has 0 atom stereocenters. The van der Waals surface area contributed by atoms with Crippen LogP contribution in [0, 0.1) is 0 Å². The van der Waals surface area contributed by atoms with Crippen LogP contribution in [0.4, 0.5) is 14.5 Å². The van der Waals surface area contributed by atoms with Gasteiger partial charge in [0, 0.05) is 12.1 Å². The van der Waals surface area contributed by atoms with Crippen molar-refractivity contribution < 1.29 is 32.6 Å². The van der Waals surface area contributed by atoms with Crippen molar-refractivity contribution in [3.05, 3.63) is 65.7 Å². The first-order valence-corrected chi connectivity index (χ1v) is 10.5. The van der Waals surface area contributed by atoms with Crippen molar-refractivity contribution in [2.45, 2.75) is 38.3 Å². The molecule has 1 fully saturated rings. The Bertz CT molecular complexity index is 1000. The number of alkyl halides is 2. The predicted octanol–water partition coefficient (Wildman–Crippen LogP) is 4.16. The fraction of sp³-hybridized carbons (Fsp3) is 0.292. The van der Waals surface area contributed by atoms with Crippen LogP contribution in [-0.4, -0.2) is 37.0 Å². The Balaban J connectivity index is 1.48. The second kappa shape index (κ2) is 11.8. The van der Waals surface area contributed by atoms with Gasteiger partial charge in [-0.05, 0) is 48.7 Å². The Morgan fingerprint density at radius 2 is 1.73 bits per heavy atom. The van der Waals surface area contributed by atoms with Crippen molar-refractivity contribution in [1.29, 1.82) is 0 Å². The summed E-state index contributed by atoms with van der Waals surface area (Å²) in [7, 11) is 0. The summed E-state index contributed by atoms with van der Waals surface area (Å²) >= 11 is 0. The van der Waals surface area contributed by atoms with Crippen LogP contribution in [0.25, 0.3) is 6.08 Å². The van der Waals surface area contributed by atoms with Crippen molar-refractivity contribution >= 4 is 29.5 Å². The largest absolute Gasteiger partial charge is 0.452 e. The van der Waals surface area contributed by atoms with E-state index in [9.17, 15) is 23.2 Å². The summed E-state index contributed by atoms with van der Waals surface area (Å²) in [5.74, 6) is -1.61. The van der Waals surface area contributed by atoms with E-state index >= 15 is 0 Å². The number of anilines is 1. The molecule has 1 aliphatic rings. The lowest BCUT2D eigenvalue weighted by Gasteiger charge is -2.15. The third-order valence-electron chi connectivity index (χ3n) is 5.00. The number of rotatable bonds is 9. The Morgan fingerprint density at radius 1 is 1.03 bits per heavy atom. The number of amides is 2. The summed E-state index contributed by atoms with van der Waals surface area (Å²) in [6.07, 6.45) is 6.58. The molecule has 0 radical (unpaired) electrons. The van der Waals surface area contributed by atoms with E-state index in [1.807, 2.05) is 0 Å². The number of carbonyl (C=O) groups is 3. The molecule has 33 heavy (non-hydrogen) atoms. The van der Waals surface area contributed by atoms with Gasteiger partial charge in [0.25, 0.3) is 11.8 Å². The molecule has 7 nitrogen and oxygen atoms in total. The van der Waals surface area contributed by atoms with E-state index in [-0.39, 0.29) is 17.7 Å². The van der Waals surface area contributed by atoms with Crippen molar-refractivity contribution in [1.82, 2.24) is 5.32 Å². The highest BCUT2D eigenvalue weighted by atomic mass is 19.3. The summed E-state index contributed by atoms with van der Waals surface area (Å²) in [4.78, 5) is 36.7. The Kier molecular flexibility index (Phi) is 8.51. The molecule has 2 N–H and O–H groups in total. The van der Waals surface area contributed by atoms with Gasteiger partial charge in [0.1, 0.15) is 5.75 Å². The zero-order valence-electron chi connectivity index (χ0n) is 17.8. The van der Waals surface area contributed by atoms with Crippen LogP contribution < -0.4 is 15.4 Å². The van der Waals surface area contributed by atoms with Crippen LogP contribution in [0.2, 0.25) is 0 Å². The average molecular weight is 458 g/mol. The molecule has 0 saturated heterocycles. The maximum absolute atomic E-state index is 12.6. The van der Waals surface area contributed by atoms with Crippen LogP contribution in [-0.2, 0) is 14.3 Å². The van der Waals surface area contributed by atoms with Crippen molar-refractivity contribution in [2.75, 3.05) is 11.9 Å². The first-order chi connectivity index (χ1) is 15.9. The number of hydrogen-bond acceptors (Lipinski definition) is 5. The molecule has 0 aromatic heterocycles. The number of carbonyl (C=O) groups excluding carboxylic acids is 3. The number of nitrogens with one attached hydrogen (secondary N) is 2. The molecule has 0 bridgehead atoms. The van der Waals surface area contributed by atoms with Gasteiger partial charge in [-0.1, -0.05) is 37.1 Å². The van der Waals surface area contributed by atoms with E-state index in [1.165, 1.54) is 30.3 Å². The van der Waals surface area contributed by atoms with Crippen molar-refractivity contribution in [2.24, 2.45) is 0 Å². The van der Waals surface area contributed by atoms with Gasteiger partial charge in [-0.15, -0.1) is 0 Å². The van der Waals surface area contributed by atoms with Crippen LogP contribution in [0.15, 0.2) is 54.6 Å². The molecule has 0 aliphatic heterocycles. The maximum atomic E-state index is 12.6. The van der Waals surface area contributed by atoms with Crippen LogP contribution in [0.3, 0.4) is 0 Å². The lowest BCUT2D eigenvalue weighted by atomic mass is 10.1. The number of hydrogen-bond donors (Lipinski definition) is 2. The van der Waals surface area contributed by atoms with Gasteiger partial charge in [-0.3, -0.25) is 9.59 Å². The standard InChI is InChI=1S/C24H24F2N2O5/c25-24(26)33-18-12-9-16(10-13-18)11-14-22(30)32-15-21(29)28-20-8-4-3-7-19(20)23(31)27-17-5-1-2-6-17/h3-4,7-14,17,24H,1-2,5-6,15H2,(H,27,31)(H,28,29)/b14-11+. The molecule has 2 amide bonds. The number of para-hydroxylation sites is 1. The predicted molar refractivity (Wildman–Crippen MR) is 118 cm³/mol. The minimum Gasteiger partial charge on any atom is -0.452 e. The fourth-order valence-electron chi connectivity index (χ4n) is 3.42. The summed E-state index contributed by atoms with van der Waals surface area (Å²) in [6.45, 7) is -3.45. The van der Waals surface area contributed by atoms with Gasteiger partial charge in [-0.25, -0.2) is 4.79 Å². The number of halogens is 2. The Morgan fingerprint density at radius 3 is 2.42 bits per heavy atom. The van der Waals surface area contributed by atoms with Gasteiger partial charge < -0.3 is 20.1 Å². The highest BCUT2D eigenvalue weighted by Crippen LogP contribution is 2.20. The Hall–Kier alpha value is -3.75. The van der Waals surface area contributed by atoms with Gasteiger partial charge in [0.2, 0.25) is 0 Å². The fourth-order valence-corrected chi connectivity index (χ4v) is 3.42. The summed E-state index contributed by atoms with van der Waals surface area (Å²) < 4.78 is 33.5. The average Bonchev–Trinajstić information content (AvgIpc) is 3.30. The normalized spacial score (nSPS) is 13.8. The molecule has 0 unspecified atom stereocenters. The molecular formula is C24H24F2N2O5. The first kappa shape index (κ1) is 23.9. The van der Waals surface area contributed by atoms with E-state index in [0.29, 0.717) is 16.8 Å². The van der Waals surface area contributed by atoms with Crippen LogP contribution in [0.1, 0.15) is 41.6 Å². The third-order valence-corrected chi connectivity index (χ3v) is 5.00. The molecule has 2 aromatic carbocycles. The Labute approximate surface area is 189 Å². The number of ether oxygens (including phenoxy) is 2. The topological polar surface area (TPSA) is 93.7 Å². The van der Waals surface area contributed by atoms with E-state index < -0.39 is 25.1 Å². The van der Waals surface area contributed by atoms with Crippen LogP contribution >= 0.6 is 0 Å². The minimum atomic E-state index is -2.92. The lowest BCUT2D eigenvalue weighted by Crippen LogP contribution is -2.33. The molecule has 1 aliphatic carbocycles. The van der Waals surface area contributed by atoms with E-state index in [0.717, 1.165) is 31.8 Å². The second-order valence-corrected chi connectivity index (χ2v) is 7.44. The van der Waals surface area contributed by atoms with Crippen molar-refractivity contribution in [3.63, 3.8) is 0 Å². The zero-order valence-corrected chi connectivity index (χ0v) is 17.8. The monoisotopic (exact) mass is 458 g/mol. The van der Waals surface area contributed by atoms with Gasteiger partial charge in [0.15, 0.2) is 6.61 Å². The number of benzene rings is 2. The first-order valence-electron chi connectivity index (χ1n) is 10.5. The van der Waals surface area contributed by atoms with Gasteiger partial charge >= 0.3 is 12.6 Å². The van der Waals surface area contributed by atoms with Crippen molar-refractivity contribution in [3.8, 4) is 5.75 Å². The quantitative estimate of drug-likeness (QED) is 0.435. The molecule has 174 valence electrons. The number of esters is 1. The van der Waals surface area contributed by atoms with E-state index in [1.54, 1.807) is 24.3 Å². The molecule has 3 rings (SSSR count). The molecule has 2 aromatic rings. The summed E-state index contributed by atoms with van der Waals surface area (Å²) in [6, 6.07) is 12.4. The maximum Gasteiger partial charge on any atom is 0.387 e. The molecule has 1 saturated carbocycles. The third kappa shape index (κ3) is 7.71.